The fraction of sp³-hybridized carbons (Fsp3) is 0.190. The summed E-state index contributed by atoms with van der Waals surface area (Å²) in [5, 5.41) is 2.90. The molecule has 5 nitrogen and oxygen atoms in total. The lowest BCUT2D eigenvalue weighted by Crippen LogP contribution is -2.26. The predicted octanol–water partition coefficient (Wildman–Crippen LogP) is 3.49. The van der Waals surface area contributed by atoms with Crippen LogP contribution in [-0.2, 0) is 13.0 Å². The third kappa shape index (κ3) is 3.16. The number of carbonyl (C=O) groups excluding carboxylic acids is 1. The summed E-state index contributed by atoms with van der Waals surface area (Å²) in [6.07, 6.45) is 6.15. The largest absolute Gasteiger partial charge is 0.347 e. The summed E-state index contributed by atoms with van der Waals surface area (Å²) in [4.78, 5) is 23.1. The number of fused-ring (bicyclic) bond motifs is 1. The lowest BCUT2D eigenvalue weighted by atomic mass is 10.1. The molecule has 1 atom stereocenters. The van der Waals surface area contributed by atoms with E-state index in [1.165, 1.54) is 11.3 Å². The molecule has 1 N–H and O–H groups in total. The van der Waals surface area contributed by atoms with Gasteiger partial charge < -0.3 is 10.2 Å². The van der Waals surface area contributed by atoms with Gasteiger partial charge in [-0.05, 0) is 48.7 Å². The maximum absolute atomic E-state index is 12.5. The predicted molar refractivity (Wildman–Crippen MR) is 101 cm³/mol. The fourth-order valence-corrected chi connectivity index (χ4v) is 3.43. The minimum absolute atomic E-state index is 0.184. The molecule has 4 rings (SSSR count). The van der Waals surface area contributed by atoms with E-state index >= 15 is 0 Å². The van der Waals surface area contributed by atoms with Gasteiger partial charge in [0.15, 0.2) is 0 Å². The van der Waals surface area contributed by atoms with Crippen molar-refractivity contribution in [2.24, 2.45) is 0 Å². The molecule has 1 aliphatic heterocycles. The number of aromatic nitrogens is 2. The van der Waals surface area contributed by atoms with Crippen molar-refractivity contribution in [3.8, 4) is 0 Å². The maximum atomic E-state index is 12.5. The SMILES string of the molecule is CC1Cc2ccccc2N1c1ccnc(C(=O)NCc2cccnc2)c1. The molecule has 1 aromatic carbocycles. The van der Waals surface area contributed by atoms with Crippen LogP contribution in [0.1, 0.15) is 28.5 Å². The van der Waals surface area contributed by atoms with Crippen molar-refractivity contribution >= 4 is 17.3 Å². The number of pyridine rings is 2. The number of amides is 1. The van der Waals surface area contributed by atoms with E-state index < -0.39 is 0 Å². The number of hydrogen-bond acceptors (Lipinski definition) is 4. The van der Waals surface area contributed by atoms with E-state index in [1.807, 2.05) is 30.3 Å². The molecule has 130 valence electrons. The Morgan fingerprint density at radius 3 is 2.92 bits per heavy atom. The lowest BCUT2D eigenvalue weighted by molar-refractivity contribution is 0.0946. The smallest absolute Gasteiger partial charge is 0.270 e. The van der Waals surface area contributed by atoms with E-state index in [0.717, 1.165) is 17.7 Å². The van der Waals surface area contributed by atoms with Gasteiger partial charge in [-0.1, -0.05) is 24.3 Å². The highest BCUT2D eigenvalue weighted by Gasteiger charge is 2.27. The number of nitrogens with zero attached hydrogens (tertiary/aromatic N) is 3. The molecule has 5 heteroatoms. The summed E-state index contributed by atoms with van der Waals surface area (Å²) < 4.78 is 0. The second-order valence-electron chi connectivity index (χ2n) is 6.50. The molecule has 0 saturated heterocycles. The van der Waals surface area contributed by atoms with Gasteiger partial charge in [-0.2, -0.15) is 0 Å². The van der Waals surface area contributed by atoms with Crippen LogP contribution in [0.3, 0.4) is 0 Å². The highest BCUT2D eigenvalue weighted by Crippen LogP contribution is 2.37. The number of anilines is 2. The summed E-state index contributed by atoms with van der Waals surface area (Å²) in [7, 11) is 0. The Bertz CT molecular complexity index is 926. The molecule has 1 unspecified atom stereocenters. The zero-order valence-electron chi connectivity index (χ0n) is 14.6. The Labute approximate surface area is 152 Å². The van der Waals surface area contributed by atoms with Gasteiger partial charge in [0.2, 0.25) is 0 Å². The minimum atomic E-state index is -0.184. The first-order valence-corrected chi connectivity index (χ1v) is 8.72. The number of nitrogens with one attached hydrogen (secondary N) is 1. The van der Waals surface area contributed by atoms with Gasteiger partial charge in [0.25, 0.3) is 5.91 Å². The van der Waals surface area contributed by atoms with Crippen molar-refractivity contribution in [3.63, 3.8) is 0 Å². The Kier molecular flexibility index (Phi) is 4.35. The summed E-state index contributed by atoms with van der Waals surface area (Å²) in [6, 6.07) is 16.3. The Morgan fingerprint density at radius 2 is 2.08 bits per heavy atom. The Morgan fingerprint density at radius 1 is 1.19 bits per heavy atom. The number of para-hydroxylation sites is 1. The first kappa shape index (κ1) is 16.3. The Balaban J connectivity index is 1.54. The van der Waals surface area contributed by atoms with Crippen LogP contribution < -0.4 is 10.2 Å². The molecule has 0 radical (unpaired) electrons. The molecular weight excluding hydrogens is 324 g/mol. The van der Waals surface area contributed by atoms with Gasteiger partial charge in [-0.15, -0.1) is 0 Å². The highest BCUT2D eigenvalue weighted by atomic mass is 16.1. The number of rotatable bonds is 4. The van der Waals surface area contributed by atoms with Gasteiger partial charge in [-0.25, -0.2) is 0 Å². The van der Waals surface area contributed by atoms with Crippen LogP contribution in [0.5, 0.6) is 0 Å². The van der Waals surface area contributed by atoms with E-state index in [9.17, 15) is 4.79 Å². The molecule has 1 aliphatic rings. The monoisotopic (exact) mass is 344 g/mol. The lowest BCUT2D eigenvalue weighted by Gasteiger charge is -2.25. The average molecular weight is 344 g/mol. The molecule has 26 heavy (non-hydrogen) atoms. The van der Waals surface area contributed by atoms with E-state index in [4.69, 9.17) is 0 Å². The highest BCUT2D eigenvalue weighted by molar-refractivity contribution is 5.93. The van der Waals surface area contributed by atoms with Gasteiger partial charge in [0.05, 0.1) is 0 Å². The van der Waals surface area contributed by atoms with Crippen molar-refractivity contribution in [1.29, 1.82) is 0 Å². The van der Waals surface area contributed by atoms with Crippen molar-refractivity contribution in [2.75, 3.05) is 4.90 Å². The van der Waals surface area contributed by atoms with E-state index in [2.05, 4.69) is 45.3 Å². The average Bonchev–Trinajstić information content (AvgIpc) is 3.02. The second-order valence-corrected chi connectivity index (χ2v) is 6.50. The van der Waals surface area contributed by atoms with Crippen molar-refractivity contribution in [1.82, 2.24) is 15.3 Å². The van der Waals surface area contributed by atoms with Gasteiger partial charge in [0, 0.05) is 42.6 Å². The third-order valence-electron chi connectivity index (χ3n) is 4.64. The van der Waals surface area contributed by atoms with Crippen molar-refractivity contribution < 1.29 is 4.79 Å². The summed E-state index contributed by atoms with van der Waals surface area (Å²) in [5.74, 6) is -0.184. The van der Waals surface area contributed by atoms with Crippen molar-refractivity contribution in [2.45, 2.75) is 25.9 Å². The van der Waals surface area contributed by atoms with Crippen LogP contribution in [0.2, 0.25) is 0 Å². The van der Waals surface area contributed by atoms with Gasteiger partial charge >= 0.3 is 0 Å². The molecule has 3 heterocycles. The quantitative estimate of drug-likeness (QED) is 0.787. The zero-order valence-corrected chi connectivity index (χ0v) is 14.6. The fourth-order valence-electron chi connectivity index (χ4n) is 3.43. The minimum Gasteiger partial charge on any atom is -0.347 e. The van der Waals surface area contributed by atoms with Crippen LogP contribution in [0.15, 0.2) is 67.1 Å². The molecule has 0 bridgehead atoms. The van der Waals surface area contributed by atoms with Crippen LogP contribution in [0.25, 0.3) is 0 Å². The van der Waals surface area contributed by atoms with E-state index in [-0.39, 0.29) is 5.91 Å². The Hall–Kier alpha value is -3.21. The number of benzene rings is 1. The standard InChI is InChI=1S/C21H20N4O/c1-15-11-17-6-2-3-7-20(17)25(15)18-8-10-23-19(12-18)21(26)24-14-16-5-4-9-22-13-16/h2-10,12-13,15H,11,14H2,1H3,(H,24,26). The van der Waals surface area contributed by atoms with Crippen LogP contribution in [0, 0.1) is 0 Å². The summed E-state index contributed by atoms with van der Waals surface area (Å²) in [5.41, 5.74) is 4.90. The van der Waals surface area contributed by atoms with Gasteiger partial charge in [0.1, 0.15) is 5.69 Å². The maximum Gasteiger partial charge on any atom is 0.270 e. The van der Waals surface area contributed by atoms with Crippen LogP contribution in [0.4, 0.5) is 11.4 Å². The molecule has 0 saturated carbocycles. The number of carbonyl (C=O) groups is 1. The summed E-state index contributed by atoms with van der Waals surface area (Å²) in [6.45, 7) is 2.63. The summed E-state index contributed by atoms with van der Waals surface area (Å²) >= 11 is 0. The molecule has 2 aromatic heterocycles. The molecule has 1 amide bonds. The molecule has 0 aliphatic carbocycles. The molecule has 3 aromatic rings. The third-order valence-corrected chi connectivity index (χ3v) is 4.64. The first-order chi connectivity index (χ1) is 12.7. The zero-order chi connectivity index (χ0) is 17.9. The second kappa shape index (κ2) is 6.96. The van der Waals surface area contributed by atoms with E-state index in [0.29, 0.717) is 18.3 Å². The molecule has 0 spiro atoms. The topological polar surface area (TPSA) is 58.1 Å². The van der Waals surface area contributed by atoms with Gasteiger partial charge in [-0.3, -0.25) is 14.8 Å². The molecular formula is C21H20N4O. The van der Waals surface area contributed by atoms with E-state index in [1.54, 1.807) is 18.6 Å². The molecule has 0 fully saturated rings. The normalized spacial score (nSPS) is 15.6. The van der Waals surface area contributed by atoms with Crippen LogP contribution in [-0.4, -0.2) is 21.9 Å². The van der Waals surface area contributed by atoms with Crippen LogP contribution >= 0.6 is 0 Å². The first-order valence-electron chi connectivity index (χ1n) is 8.72. The number of hydrogen-bond donors (Lipinski definition) is 1. The van der Waals surface area contributed by atoms with Crippen molar-refractivity contribution in [3.05, 3.63) is 83.9 Å².